The molecule has 0 bridgehead atoms. The molecule has 0 radical (unpaired) electrons. The van der Waals surface area contributed by atoms with Crippen LogP contribution in [-0.2, 0) is 11.3 Å². The summed E-state index contributed by atoms with van der Waals surface area (Å²) in [4.78, 5) is 25.6. The highest BCUT2D eigenvalue weighted by Crippen LogP contribution is 2.05. The molecule has 2 atom stereocenters. The summed E-state index contributed by atoms with van der Waals surface area (Å²) in [5.41, 5.74) is 0. The van der Waals surface area contributed by atoms with E-state index in [0.717, 1.165) is 13.1 Å². The van der Waals surface area contributed by atoms with Gasteiger partial charge in [0.05, 0.1) is 19.4 Å². The molecule has 1 fully saturated rings. The van der Waals surface area contributed by atoms with Gasteiger partial charge in [0.1, 0.15) is 5.76 Å². The molecule has 2 heterocycles. The van der Waals surface area contributed by atoms with Crippen LogP contribution in [0.4, 0.5) is 4.79 Å². The molecule has 2 rings (SSSR count). The summed E-state index contributed by atoms with van der Waals surface area (Å²) < 4.78 is 5.09. The summed E-state index contributed by atoms with van der Waals surface area (Å²) >= 11 is 0. The van der Waals surface area contributed by atoms with Gasteiger partial charge in [0.15, 0.2) is 0 Å². The van der Waals surface area contributed by atoms with Crippen molar-refractivity contribution in [1.82, 2.24) is 20.9 Å². The van der Waals surface area contributed by atoms with Crippen LogP contribution in [0.3, 0.4) is 0 Å². The van der Waals surface area contributed by atoms with Gasteiger partial charge in [0.2, 0.25) is 5.91 Å². The summed E-state index contributed by atoms with van der Waals surface area (Å²) in [6, 6.07) is 3.62. The SMILES string of the molecule is CC1CN(CC(=O)NC(=O)NCc2ccco2)C(C)CN1. The van der Waals surface area contributed by atoms with Gasteiger partial charge in [-0.25, -0.2) is 4.79 Å². The fourth-order valence-corrected chi connectivity index (χ4v) is 2.29. The zero-order valence-electron chi connectivity index (χ0n) is 12.4. The Hall–Kier alpha value is -1.86. The number of imide groups is 1. The zero-order chi connectivity index (χ0) is 15.2. The minimum atomic E-state index is -0.507. The maximum atomic E-state index is 11.9. The van der Waals surface area contributed by atoms with Gasteiger partial charge >= 0.3 is 6.03 Å². The summed E-state index contributed by atoms with van der Waals surface area (Å²) in [6.45, 7) is 6.26. The Kier molecular flexibility index (Phi) is 5.35. The van der Waals surface area contributed by atoms with Crippen molar-refractivity contribution in [2.45, 2.75) is 32.5 Å². The van der Waals surface area contributed by atoms with Crippen molar-refractivity contribution in [1.29, 1.82) is 0 Å². The molecule has 0 spiro atoms. The van der Waals surface area contributed by atoms with Gasteiger partial charge in [-0.05, 0) is 26.0 Å². The van der Waals surface area contributed by atoms with Gasteiger partial charge < -0.3 is 15.1 Å². The number of carbonyl (C=O) groups excluding carboxylic acids is 2. The quantitative estimate of drug-likeness (QED) is 0.743. The second-order valence-corrected chi connectivity index (χ2v) is 5.40. The van der Waals surface area contributed by atoms with E-state index in [2.05, 4.69) is 34.7 Å². The molecule has 116 valence electrons. The Morgan fingerprint density at radius 2 is 2.29 bits per heavy atom. The Labute approximate surface area is 124 Å². The molecular formula is C14H22N4O3. The number of urea groups is 1. The van der Waals surface area contributed by atoms with E-state index in [4.69, 9.17) is 4.42 Å². The van der Waals surface area contributed by atoms with E-state index in [1.807, 2.05) is 0 Å². The molecular weight excluding hydrogens is 272 g/mol. The van der Waals surface area contributed by atoms with Gasteiger partial charge in [0, 0.05) is 25.2 Å². The molecule has 21 heavy (non-hydrogen) atoms. The fraction of sp³-hybridized carbons (Fsp3) is 0.571. The second kappa shape index (κ2) is 7.24. The normalized spacial score (nSPS) is 22.8. The summed E-state index contributed by atoms with van der Waals surface area (Å²) in [7, 11) is 0. The first-order chi connectivity index (χ1) is 10.0. The highest BCUT2D eigenvalue weighted by atomic mass is 16.3. The Morgan fingerprint density at radius 1 is 1.48 bits per heavy atom. The van der Waals surface area contributed by atoms with E-state index in [1.54, 1.807) is 12.1 Å². The lowest BCUT2D eigenvalue weighted by molar-refractivity contribution is -0.122. The number of carbonyl (C=O) groups is 2. The number of furan rings is 1. The number of hydrogen-bond donors (Lipinski definition) is 3. The number of amides is 3. The first kappa shape index (κ1) is 15.5. The third-order valence-electron chi connectivity index (χ3n) is 3.50. The van der Waals surface area contributed by atoms with Gasteiger partial charge in [-0.3, -0.25) is 15.0 Å². The first-order valence-electron chi connectivity index (χ1n) is 7.12. The standard InChI is InChI=1S/C14H22N4O3/c1-10-8-18(11(2)6-15-10)9-13(19)17-14(20)16-7-12-4-3-5-21-12/h3-5,10-11,15H,6-9H2,1-2H3,(H2,16,17,19,20). The van der Waals surface area contributed by atoms with E-state index < -0.39 is 6.03 Å². The highest BCUT2D eigenvalue weighted by Gasteiger charge is 2.24. The van der Waals surface area contributed by atoms with E-state index in [9.17, 15) is 9.59 Å². The molecule has 1 aromatic heterocycles. The van der Waals surface area contributed by atoms with Gasteiger partial charge in [-0.1, -0.05) is 0 Å². The zero-order valence-corrected chi connectivity index (χ0v) is 12.4. The first-order valence-corrected chi connectivity index (χ1v) is 7.12. The lowest BCUT2D eigenvalue weighted by Crippen LogP contribution is -2.57. The average molecular weight is 294 g/mol. The average Bonchev–Trinajstić information content (AvgIpc) is 2.94. The van der Waals surface area contributed by atoms with Crippen LogP contribution in [0.5, 0.6) is 0 Å². The molecule has 3 amide bonds. The summed E-state index contributed by atoms with van der Waals surface area (Å²) in [5.74, 6) is 0.343. The van der Waals surface area contributed by atoms with E-state index >= 15 is 0 Å². The molecule has 0 saturated carbocycles. The number of nitrogens with zero attached hydrogens (tertiary/aromatic N) is 1. The Morgan fingerprint density at radius 3 is 3.00 bits per heavy atom. The molecule has 2 unspecified atom stereocenters. The second-order valence-electron chi connectivity index (χ2n) is 5.40. The topological polar surface area (TPSA) is 86.6 Å². The molecule has 1 aliphatic rings. The van der Waals surface area contributed by atoms with Crippen LogP contribution in [0.2, 0.25) is 0 Å². The Bertz CT molecular complexity index is 475. The van der Waals surface area contributed by atoms with Crippen molar-refractivity contribution < 1.29 is 14.0 Å². The number of rotatable bonds is 4. The Balaban J connectivity index is 1.72. The van der Waals surface area contributed by atoms with Crippen molar-refractivity contribution in [3.8, 4) is 0 Å². The van der Waals surface area contributed by atoms with Crippen molar-refractivity contribution in [3.63, 3.8) is 0 Å². The van der Waals surface area contributed by atoms with E-state index in [0.29, 0.717) is 11.8 Å². The largest absolute Gasteiger partial charge is 0.467 e. The van der Waals surface area contributed by atoms with Crippen molar-refractivity contribution >= 4 is 11.9 Å². The molecule has 1 aliphatic heterocycles. The molecule has 0 aromatic carbocycles. The van der Waals surface area contributed by atoms with Gasteiger partial charge in [-0.15, -0.1) is 0 Å². The van der Waals surface area contributed by atoms with Crippen LogP contribution in [-0.4, -0.2) is 48.6 Å². The fourth-order valence-electron chi connectivity index (χ4n) is 2.29. The molecule has 0 aliphatic carbocycles. The molecule has 7 heteroatoms. The highest BCUT2D eigenvalue weighted by molar-refractivity contribution is 5.95. The van der Waals surface area contributed by atoms with Gasteiger partial charge in [0.25, 0.3) is 0 Å². The monoisotopic (exact) mass is 294 g/mol. The predicted molar refractivity (Wildman–Crippen MR) is 77.6 cm³/mol. The van der Waals surface area contributed by atoms with Gasteiger partial charge in [-0.2, -0.15) is 0 Å². The van der Waals surface area contributed by atoms with Crippen molar-refractivity contribution in [2.75, 3.05) is 19.6 Å². The molecule has 1 saturated heterocycles. The minimum Gasteiger partial charge on any atom is -0.467 e. The minimum absolute atomic E-state index is 0.224. The van der Waals surface area contributed by atoms with Crippen molar-refractivity contribution in [3.05, 3.63) is 24.2 Å². The number of nitrogens with one attached hydrogen (secondary N) is 3. The van der Waals surface area contributed by atoms with Crippen LogP contribution in [0, 0.1) is 0 Å². The smallest absolute Gasteiger partial charge is 0.321 e. The van der Waals surface area contributed by atoms with Crippen LogP contribution >= 0.6 is 0 Å². The predicted octanol–water partition coefficient (Wildman–Crippen LogP) is 0.288. The lowest BCUT2D eigenvalue weighted by atomic mass is 10.1. The maximum absolute atomic E-state index is 11.9. The van der Waals surface area contributed by atoms with E-state index in [-0.39, 0.29) is 25.0 Å². The van der Waals surface area contributed by atoms with Crippen LogP contribution < -0.4 is 16.0 Å². The molecule has 7 nitrogen and oxygen atoms in total. The maximum Gasteiger partial charge on any atom is 0.321 e. The molecule has 3 N–H and O–H groups in total. The van der Waals surface area contributed by atoms with Crippen LogP contribution in [0.25, 0.3) is 0 Å². The van der Waals surface area contributed by atoms with Crippen LogP contribution in [0.1, 0.15) is 19.6 Å². The van der Waals surface area contributed by atoms with Crippen molar-refractivity contribution in [2.24, 2.45) is 0 Å². The third-order valence-corrected chi connectivity index (χ3v) is 3.50. The summed E-state index contributed by atoms with van der Waals surface area (Å²) in [6.07, 6.45) is 1.53. The molecule has 1 aromatic rings. The number of hydrogen-bond acceptors (Lipinski definition) is 5. The number of piperazine rings is 1. The van der Waals surface area contributed by atoms with E-state index in [1.165, 1.54) is 6.26 Å². The third kappa shape index (κ3) is 4.87. The van der Waals surface area contributed by atoms with Crippen LogP contribution in [0.15, 0.2) is 22.8 Å². The lowest BCUT2D eigenvalue weighted by Gasteiger charge is -2.36. The summed E-state index contributed by atoms with van der Waals surface area (Å²) in [5, 5.41) is 8.26.